The number of carbonyl (C=O) groups excluding carboxylic acids is 1. The maximum atomic E-state index is 13.8. The predicted octanol–water partition coefficient (Wildman–Crippen LogP) is 7.89. The molecule has 2 saturated heterocycles. The van der Waals surface area contributed by atoms with E-state index in [-0.39, 0.29) is 41.0 Å². The van der Waals surface area contributed by atoms with Crippen LogP contribution in [0.3, 0.4) is 0 Å². The molecule has 0 N–H and O–H groups in total. The molecule has 5 atom stereocenters. The average Bonchev–Trinajstić information content (AvgIpc) is 3.42. The zero-order valence-electron chi connectivity index (χ0n) is 26.0. The van der Waals surface area contributed by atoms with E-state index < -0.39 is 20.2 Å². The van der Waals surface area contributed by atoms with Gasteiger partial charge in [0.1, 0.15) is 16.2 Å². The van der Waals surface area contributed by atoms with Crippen LogP contribution in [0.2, 0.25) is 18.1 Å². The van der Waals surface area contributed by atoms with E-state index in [0.717, 1.165) is 17.1 Å². The Bertz CT molecular complexity index is 1060. The molecule has 0 radical (unpaired) electrons. The molecule has 0 spiro atoms. The number of carbonyl (C=O) groups is 1. The van der Waals surface area contributed by atoms with Crippen LogP contribution in [0.1, 0.15) is 79.6 Å². The highest BCUT2D eigenvalue weighted by Gasteiger charge is 2.47. The van der Waals surface area contributed by atoms with Crippen LogP contribution in [0, 0.1) is 5.41 Å². The smallest absolute Gasteiger partial charge is 0.230 e. The summed E-state index contributed by atoms with van der Waals surface area (Å²) >= 11 is 7.24. The molecular formula is C31H49NO5S2Si. The Morgan fingerprint density at radius 3 is 2.40 bits per heavy atom. The van der Waals surface area contributed by atoms with Gasteiger partial charge in [0.05, 0.1) is 31.3 Å². The molecule has 0 bridgehead atoms. The van der Waals surface area contributed by atoms with Gasteiger partial charge >= 0.3 is 0 Å². The van der Waals surface area contributed by atoms with Gasteiger partial charge in [-0.3, -0.25) is 9.69 Å². The number of methoxy groups -OCH3 is 1. The van der Waals surface area contributed by atoms with Crippen molar-refractivity contribution in [3.63, 3.8) is 0 Å². The van der Waals surface area contributed by atoms with E-state index in [1.807, 2.05) is 35.2 Å². The van der Waals surface area contributed by atoms with Crippen LogP contribution in [-0.2, 0) is 18.7 Å². The molecule has 1 unspecified atom stereocenters. The second-order valence-corrected chi connectivity index (χ2v) is 20.2. The molecule has 2 aliphatic heterocycles. The molecule has 2 heterocycles. The number of nitrogens with zero attached hydrogens (tertiary/aromatic N) is 1. The van der Waals surface area contributed by atoms with Crippen molar-refractivity contribution in [3.8, 4) is 5.75 Å². The summed E-state index contributed by atoms with van der Waals surface area (Å²) in [6.45, 7) is 23.8. The molecule has 3 rings (SSSR count). The van der Waals surface area contributed by atoms with E-state index in [0.29, 0.717) is 17.2 Å². The Hall–Kier alpha value is -1.23. The number of thiocarbonyl (C=S) groups is 1. The number of thioether (sulfide) groups is 1. The number of ether oxygens (including phenoxy) is 3. The van der Waals surface area contributed by atoms with E-state index >= 15 is 0 Å². The second kappa shape index (κ2) is 12.6. The van der Waals surface area contributed by atoms with Crippen LogP contribution in [0.25, 0.3) is 0 Å². The lowest BCUT2D eigenvalue weighted by Crippen LogP contribution is -2.49. The molecule has 224 valence electrons. The fraction of sp³-hybridized carbons (Fsp3) is 0.677. The van der Waals surface area contributed by atoms with Crippen LogP contribution in [0.5, 0.6) is 5.75 Å². The monoisotopic (exact) mass is 607 g/mol. The number of hydrogen-bond acceptors (Lipinski definition) is 7. The Balaban J connectivity index is 1.80. The van der Waals surface area contributed by atoms with Crippen molar-refractivity contribution in [2.24, 2.45) is 5.41 Å². The number of hydrogen-bond donors (Lipinski definition) is 0. The Morgan fingerprint density at radius 2 is 1.88 bits per heavy atom. The molecule has 1 amide bonds. The molecule has 6 nitrogen and oxygen atoms in total. The normalized spacial score (nSPS) is 26.7. The van der Waals surface area contributed by atoms with Crippen LogP contribution in [0.15, 0.2) is 36.9 Å². The number of rotatable bonds is 10. The first-order chi connectivity index (χ1) is 18.4. The first-order valence-electron chi connectivity index (χ1n) is 14.2. The van der Waals surface area contributed by atoms with Gasteiger partial charge in [-0.2, -0.15) is 0 Å². The van der Waals surface area contributed by atoms with Crippen molar-refractivity contribution in [3.05, 3.63) is 42.5 Å². The van der Waals surface area contributed by atoms with Crippen molar-refractivity contribution >= 4 is 42.5 Å². The van der Waals surface area contributed by atoms with E-state index in [4.69, 9.17) is 30.9 Å². The Morgan fingerprint density at radius 1 is 1.25 bits per heavy atom. The largest absolute Gasteiger partial charge is 0.497 e. The van der Waals surface area contributed by atoms with Crippen molar-refractivity contribution in [2.75, 3.05) is 12.9 Å². The van der Waals surface area contributed by atoms with Crippen molar-refractivity contribution in [1.29, 1.82) is 0 Å². The molecule has 2 aliphatic rings. The second-order valence-electron chi connectivity index (χ2n) is 13.8. The van der Waals surface area contributed by atoms with Crippen LogP contribution in [-0.4, -0.2) is 60.2 Å². The fourth-order valence-corrected chi connectivity index (χ4v) is 8.04. The first kappa shape index (κ1) is 33.3. The first-order valence-corrected chi connectivity index (χ1v) is 18.5. The van der Waals surface area contributed by atoms with Gasteiger partial charge in [0.2, 0.25) is 5.91 Å². The average molecular weight is 608 g/mol. The SMILES string of the molecule is C=C[C@@H]1OC(c2ccc(OC)cc2)O[C@]1(C)CC[C@H](CC(=O)N1C(=S)SC[C@@H]1C(C)(C)C)O[Si](C)(C)C(C)(C)C. The zero-order chi connectivity index (χ0) is 30.1. The summed E-state index contributed by atoms with van der Waals surface area (Å²) in [5.41, 5.74) is 0.251. The molecule has 9 heteroatoms. The zero-order valence-corrected chi connectivity index (χ0v) is 28.7. The summed E-state index contributed by atoms with van der Waals surface area (Å²) in [5.74, 6) is 1.66. The third-order valence-electron chi connectivity index (χ3n) is 8.62. The van der Waals surface area contributed by atoms with Gasteiger partial charge in [0.25, 0.3) is 0 Å². The third kappa shape index (κ3) is 7.58. The molecule has 2 fully saturated rings. The number of benzene rings is 1. The lowest BCUT2D eigenvalue weighted by Gasteiger charge is -2.41. The number of amides is 1. The van der Waals surface area contributed by atoms with E-state index in [1.54, 1.807) is 18.9 Å². The minimum atomic E-state index is -2.16. The van der Waals surface area contributed by atoms with Gasteiger partial charge in [-0.25, -0.2) is 0 Å². The Labute approximate surface area is 252 Å². The Kier molecular flexibility index (Phi) is 10.4. The van der Waals surface area contributed by atoms with Crippen LogP contribution in [0.4, 0.5) is 0 Å². The third-order valence-corrected chi connectivity index (χ3v) is 14.6. The minimum absolute atomic E-state index is 0.0149. The highest BCUT2D eigenvalue weighted by atomic mass is 32.2. The summed E-state index contributed by atoms with van der Waals surface area (Å²) in [6.07, 6.45) is 2.36. The lowest BCUT2D eigenvalue weighted by molar-refractivity contribution is -0.132. The molecule has 1 aromatic carbocycles. The molecule has 0 aliphatic carbocycles. The van der Waals surface area contributed by atoms with Gasteiger partial charge < -0.3 is 18.6 Å². The fourth-order valence-electron chi connectivity index (χ4n) is 4.90. The van der Waals surface area contributed by atoms with E-state index in [1.165, 1.54) is 0 Å². The predicted molar refractivity (Wildman–Crippen MR) is 171 cm³/mol. The lowest BCUT2D eigenvalue weighted by atomic mass is 9.86. The van der Waals surface area contributed by atoms with Gasteiger partial charge in [0.15, 0.2) is 14.6 Å². The molecule has 1 aromatic rings. The standard InChI is InChI=1S/C31H49NO5S2Si/c1-12-25-31(8,36-27(35-25)21-13-15-22(34-9)16-14-21)18-17-23(37-40(10,11)30(5,6)7)19-26(33)32-24(29(2,3)4)20-39-28(32)38/h12-16,23-25,27H,1,17-20H2,2-11H3/t23-,24-,25+,27?,31-/m1/s1. The van der Waals surface area contributed by atoms with E-state index in [2.05, 4.69) is 68.1 Å². The minimum Gasteiger partial charge on any atom is -0.497 e. The van der Waals surface area contributed by atoms with Crippen molar-refractivity contribution in [1.82, 2.24) is 4.90 Å². The topological polar surface area (TPSA) is 57.2 Å². The van der Waals surface area contributed by atoms with Crippen molar-refractivity contribution < 1.29 is 23.4 Å². The molecular weight excluding hydrogens is 559 g/mol. The molecule has 0 aromatic heterocycles. The molecule has 0 saturated carbocycles. The molecule has 40 heavy (non-hydrogen) atoms. The maximum absolute atomic E-state index is 13.8. The summed E-state index contributed by atoms with van der Waals surface area (Å²) in [4.78, 5) is 15.7. The summed E-state index contributed by atoms with van der Waals surface area (Å²) < 4.78 is 25.7. The van der Waals surface area contributed by atoms with Crippen LogP contribution >= 0.6 is 24.0 Å². The van der Waals surface area contributed by atoms with E-state index in [9.17, 15) is 4.79 Å². The highest BCUT2D eigenvalue weighted by molar-refractivity contribution is 8.23. The van der Waals surface area contributed by atoms with Gasteiger partial charge in [0, 0.05) is 11.3 Å². The summed E-state index contributed by atoms with van der Waals surface area (Å²) in [5, 5.41) is 0.0149. The van der Waals surface area contributed by atoms with Gasteiger partial charge in [-0.1, -0.05) is 83.7 Å². The summed E-state index contributed by atoms with van der Waals surface area (Å²) in [7, 11) is -0.512. The van der Waals surface area contributed by atoms with Gasteiger partial charge in [-0.05, 0) is 55.4 Å². The quantitative estimate of drug-likeness (QED) is 0.152. The van der Waals surface area contributed by atoms with Crippen LogP contribution < -0.4 is 4.74 Å². The van der Waals surface area contributed by atoms with Gasteiger partial charge in [-0.15, -0.1) is 6.58 Å². The maximum Gasteiger partial charge on any atom is 0.230 e. The summed E-state index contributed by atoms with van der Waals surface area (Å²) in [6, 6.07) is 7.80. The highest BCUT2D eigenvalue weighted by Crippen LogP contribution is 2.44. The van der Waals surface area contributed by atoms with Crippen molar-refractivity contribution in [2.45, 2.75) is 116 Å².